The summed E-state index contributed by atoms with van der Waals surface area (Å²) in [6.07, 6.45) is 5.31. The van der Waals surface area contributed by atoms with Gasteiger partial charge in [0.05, 0.1) is 10.5 Å². The smallest absolute Gasteiger partial charge is 0.288 e. The van der Waals surface area contributed by atoms with Crippen LogP contribution in [0.3, 0.4) is 0 Å². The number of primary amides is 1. The molecule has 3 rings (SSSR count). The van der Waals surface area contributed by atoms with Gasteiger partial charge in [-0.2, -0.15) is 0 Å². The number of hydrogen-bond donors (Lipinski definition) is 2. The number of nitrogens with two attached hydrogens (primary N) is 1. The Morgan fingerprint density at radius 3 is 2.81 bits per heavy atom. The fourth-order valence-corrected chi connectivity index (χ4v) is 4.34. The number of carbonyl (C=O) groups is 2. The maximum absolute atomic E-state index is 12.2. The van der Waals surface area contributed by atoms with Crippen molar-refractivity contribution in [2.75, 3.05) is 5.32 Å². The van der Waals surface area contributed by atoms with E-state index in [1.807, 2.05) is 0 Å². The zero-order chi connectivity index (χ0) is 18.8. The van der Waals surface area contributed by atoms with Crippen molar-refractivity contribution < 1.29 is 14.5 Å². The van der Waals surface area contributed by atoms with E-state index in [-0.39, 0.29) is 10.7 Å². The third-order valence-electron chi connectivity index (χ3n) is 4.00. The molecule has 9 heteroatoms. The van der Waals surface area contributed by atoms with Crippen molar-refractivity contribution in [2.24, 2.45) is 5.73 Å². The number of nitrogens with zero attached hydrogens (tertiary/aromatic N) is 1. The molecular weight excluding hydrogens is 378 g/mol. The number of nitro groups is 1. The second-order valence-corrected chi connectivity index (χ2v) is 7.23. The number of carbonyl (C=O) groups excluding carboxylic acids is 2. The predicted molar refractivity (Wildman–Crippen MR) is 101 cm³/mol. The molecule has 1 aromatic heterocycles. The number of thiophene rings is 1. The highest BCUT2D eigenvalue weighted by atomic mass is 35.5. The monoisotopic (exact) mass is 391 g/mol. The fraction of sp³-hybridized carbons (Fsp3) is 0.176. The topological polar surface area (TPSA) is 115 Å². The molecule has 0 atom stereocenters. The molecule has 0 unspecified atom stereocenters. The van der Waals surface area contributed by atoms with Crippen molar-refractivity contribution in [1.82, 2.24) is 0 Å². The number of rotatable bonds is 5. The van der Waals surface area contributed by atoms with E-state index < -0.39 is 16.7 Å². The number of halogens is 1. The third-order valence-corrected chi connectivity index (χ3v) is 5.53. The molecule has 1 aromatic carbocycles. The lowest BCUT2D eigenvalue weighted by molar-refractivity contribution is -0.384. The van der Waals surface area contributed by atoms with Gasteiger partial charge < -0.3 is 11.1 Å². The van der Waals surface area contributed by atoms with Crippen LogP contribution in [0.15, 0.2) is 24.3 Å². The molecule has 0 bridgehead atoms. The summed E-state index contributed by atoms with van der Waals surface area (Å²) in [5.74, 6) is -1.01. The van der Waals surface area contributed by atoms with Crippen molar-refractivity contribution in [3.63, 3.8) is 0 Å². The van der Waals surface area contributed by atoms with Crippen LogP contribution in [0.4, 0.5) is 10.7 Å². The van der Waals surface area contributed by atoms with Crippen LogP contribution in [0.5, 0.6) is 0 Å². The van der Waals surface area contributed by atoms with E-state index in [1.54, 1.807) is 6.07 Å². The molecule has 0 saturated carbocycles. The quantitative estimate of drug-likeness (QED) is 0.460. The minimum atomic E-state index is -0.591. The Morgan fingerprint density at radius 1 is 1.35 bits per heavy atom. The fourth-order valence-electron chi connectivity index (χ4n) is 2.85. The van der Waals surface area contributed by atoms with E-state index in [0.717, 1.165) is 29.7 Å². The average Bonchev–Trinajstić information content (AvgIpc) is 3.13. The summed E-state index contributed by atoms with van der Waals surface area (Å²) in [6.45, 7) is 0. The van der Waals surface area contributed by atoms with Gasteiger partial charge in [-0.25, -0.2) is 0 Å². The van der Waals surface area contributed by atoms with Gasteiger partial charge in [0, 0.05) is 17.0 Å². The minimum absolute atomic E-state index is 0.0239. The summed E-state index contributed by atoms with van der Waals surface area (Å²) < 4.78 is 0. The zero-order valence-corrected chi connectivity index (χ0v) is 15.0. The van der Waals surface area contributed by atoms with Gasteiger partial charge in [-0.05, 0) is 42.5 Å². The van der Waals surface area contributed by atoms with Gasteiger partial charge in [-0.3, -0.25) is 19.7 Å². The molecule has 2 amide bonds. The number of amides is 2. The van der Waals surface area contributed by atoms with E-state index in [1.165, 1.54) is 35.6 Å². The SMILES string of the molecule is NC(=O)c1c(NC(=O)/C=C/c2ccc(Cl)c([N+](=O)[O-])c2)sc2c1CCC2. The normalized spacial score (nSPS) is 13.0. The number of fused-ring (bicyclic) bond motifs is 1. The van der Waals surface area contributed by atoms with Crippen molar-refractivity contribution in [1.29, 1.82) is 0 Å². The van der Waals surface area contributed by atoms with Gasteiger partial charge in [0.1, 0.15) is 10.0 Å². The van der Waals surface area contributed by atoms with Crippen LogP contribution < -0.4 is 11.1 Å². The molecular formula is C17H14ClN3O4S. The Hall–Kier alpha value is -2.71. The average molecular weight is 392 g/mol. The Kier molecular flexibility index (Phi) is 5.06. The van der Waals surface area contributed by atoms with Crippen molar-refractivity contribution in [3.05, 3.63) is 61.0 Å². The highest BCUT2D eigenvalue weighted by Gasteiger charge is 2.25. The van der Waals surface area contributed by atoms with Crippen LogP contribution in [0, 0.1) is 10.1 Å². The summed E-state index contributed by atoms with van der Waals surface area (Å²) >= 11 is 7.12. The second-order valence-electron chi connectivity index (χ2n) is 5.72. The molecule has 26 heavy (non-hydrogen) atoms. The van der Waals surface area contributed by atoms with E-state index in [9.17, 15) is 19.7 Å². The molecule has 134 valence electrons. The number of nitrogens with one attached hydrogen (secondary N) is 1. The summed E-state index contributed by atoms with van der Waals surface area (Å²) in [4.78, 5) is 35.3. The first kappa shape index (κ1) is 18.1. The summed E-state index contributed by atoms with van der Waals surface area (Å²) in [6, 6.07) is 4.24. The van der Waals surface area contributed by atoms with E-state index in [2.05, 4.69) is 5.32 Å². The van der Waals surface area contributed by atoms with E-state index >= 15 is 0 Å². The number of nitro benzene ring substituents is 1. The Labute approximate surface area is 157 Å². The second kappa shape index (κ2) is 7.27. The van der Waals surface area contributed by atoms with Crippen LogP contribution in [0.2, 0.25) is 5.02 Å². The number of anilines is 1. The third kappa shape index (κ3) is 3.61. The minimum Gasteiger partial charge on any atom is -0.365 e. The van der Waals surface area contributed by atoms with E-state index in [4.69, 9.17) is 17.3 Å². The standard InChI is InChI=1S/C17H14ClN3O4S/c18-11-6-4-9(8-12(11)21(24)25)5-7-14(22)20-17-15(16(19)23)10-2-1-3-13(10)26-17/h4-8H,1-3H2,(H2,19,23)(H,20,22)/b7-5+. The molecule has 1 aliphatic rings. The van der Waals surface area contributed by atoms with Crippen molar-refractivity contribution in [2.45, 2.75) is 19.3 Å². The van der Waals surface area contributed by atoms with Crippen LogP contribution in [0.25, 0.3) is 6.08 Å². The maximum Gasteiger partial charge on any atom is 0.288 e. The van der Waals surface area contributed by atoms with Crippen LogP contribution in [0.1, 0.15) is 32.8 Å². The highest BCUT2D eigenvalue weighted by molar-refractivity contribution is 7.17. The van der Waals surface area contributed by atoms with Crippen LogP contribution in [-0.2, 0) is 17.6 Å². The Morgan fingerprint density at radius 2 is 2.12 bits per heavy atom. The van der Waals surface area contributed by atoms with E-state index in [0.29, 0.717) is 16.1 Å². The first-order valence-corrected chi connectivity index (χ1v) is 8.93. The molecule has 2 aromatic rings. The van der Waals surface area contributed by atoms with Gasteiger partial charge >= 0.3 is 0 Å². The molecule has 0 fully saturated rings. The van der Waals surface area contributed by atoms with Gasteiger partial charge in [0.25, 0.3) is 11.6 Å². The molecule has 1 aliphatic carbocycles. The Balaban J connectivity index is 1.78. The maximum atomic E-state index is 12.2. The molecule has 0 radical (unpaired) electrons. The summed E-state index contributed by atoms with van der Waals surface area (Å²) in [5, 5.41) is 14.0. The molecule has 1 heterocycles. The van der Waals surface area contributed by atoms with Crippen LogP contribution >= 0.6 is 22.9 Å². The number of hydrogen-bond acceptors (Lipinski definition) is 5. The summed E-state index contributed by atoms with van der Waals surface area (Å²) in [7, 11) is 0. The highest BCUT2D eigenvalue weighted by Crippen LogP contribution is 2.38. The molecule has 0 spiro atoms. The number of benzene rings is 1. The molecule has 7 nitrogen and oxygen atoms in total. The first-order valence-electron chi connectivity index (χ1n) is 7.74. The molecule has 0 saturated heterocycles. The zero-order valence-electron chi connectivity index (χ0n) is 13.5. The lowest BCUT2D eigenvalue weighted by Gasteiger charge is -2.03. The van der Waals surface area contributed by atoms with Gasteiger partial charge in [-0.15, -0.1) is 11.3 Å². The first-order chi connectivity index (χ1) is 12.4. The predicted octanol–water partition coefficient (Wildman–Crippen LogP) is 3.55. The van der Waals surface area contributed by atoms with Gasteiger partial charge in [0.15, 0.2) is 0 Å². The van der Waals surface area contributed by atoms with Crippen molar-refractivity contribution >= 4 is 51.5 Å². The largest absolute Gasteiger partial charge is 0.365 e. The van der Waals surface area contributed by atoms with Gasteiger partial charge in [-0.1, -0.05) is 17.7 Å². The lowest BCUT2D eigenvalue weighted by atomic mass is 10.1. The number of aryl methyl sites for hydroxylation is 1. The Bertz CT molecular complexity index is 952. The van der Waals surface area contributed by atoms with Crippen LogP contribution in [-0.4, -0.2) is 16.7 Å². The van der Waals surface area contributed by atoms with Gasteiger partial charge in [0.2, 0.25) is 5.91 Å². The lowest BCUT2D eigenvalue weighted by Crippen LogP contribution is -2.16. The molecule has 3 N–H and O–H groups in total. The molecule has 0 aliphatic heterocycles. The van der Waals surface area contributed by atoms with Crippen molar-refractivity contribution in [3.8, 4) is 0 Å². The summed E-state index contributed by atoms with van der Waals surface area (Å²) in [5.41, 5.74) is 6.98.